The van der Waals surface area contributed by atoms with Crippen LogP contribution in [0, 0.1) is 0 Å². The summed E-state index contributed by atoms with van der Waals surface area (Å²) < 4.78 is 0. The van der Waals surface area contributed by atoms with Crippen molar-refractivity contribution in [2.45, 2.75) is 19.4 Å². The van der Waals surface area contributed by atoms with E-state index in [-0.39, 0.29) is 11.9 Å². The van der Waals surface area contributed by atoms with Gasteiger partial charge in [-0.25, -0.2) is 0 Å². The molecule has 15 heavy (non-hydrogen) atoms. The third-order valence-corrected chi connectivity index (χ3v) is 2.50. The van der Waals surface area contributed by atoms with Crippen molar-refractivity contribution in [2.75, 3.05) is 0 Å². The number of amides is 1. The van der Waals surface area contributed by atoms with E-state index in [2.05, 4.69) is 15.3 Å². The van der Waals surface area contributed by atoms with Crippen LogP contribution in [-0.2, 0) is 4.79 Å². The first kappa shape index (κ1) is 10.1. The summed E-state index contributed by atoms with van der Waals surface area (Å²) in [6.45, 7) is 1.91. The lowest BCUT2D eigenvalue weighted by atomic mass is 10.2. The zero-order valence-corrected chi connectivity index (χ0v) is 8.95. The molecule has 1 N–H and O–H groups in total. The molecule has 1 aromatic heterocycles. The van der Waals surface area contributed by atoms with Gasteiger partial charge in [-0.15, -0.1) is 0 Å². The predicted molar refractivity (Wildman–Crippen MR) is 58.0 cm³/mol. The van der Waals surface area contributed by atoms with Gasteiger partial charge in [-0.3, -0.25) is 14.8 Å². The molecule has 2 heterocycles. The average molecular weight is 224 g/mol. The molecule has 0 bridgehead atoms. The van der Waals surface area contributed by atoms with Crippen LogP contribution in [0.15, 0.2) is 23.3 Å². The number of pyridine rings is 1. The summed E-state index contributed by atoms with van der Waals surface area (Å²) in [6, 6.07) is 3.15. The summed E-state index contributed by atoms with van der Waals surface area (Å²) in [7, 11) is 0. The van der Waals surface area contributed by atoms with Gasteiger partial charge in [0.15, 0.2) is 5.84 Å². The van der Waals surface area contributed by atoms with Crippen LogP contribution in [0.5, 0.6) is 0 Å². The number of nitrogens with one attached hydrogen (secondary N) is 1. The number of hydrogen-bond donors (Lipinski definition) is 1. The molecule has 1 aliphatic rings. The lowest BCUT2D eigenvalue weighted by molar-refractivity contribution is -0.120. The van der Waals surface area contributed by atoms with Crippen molar-refractivity contribution >= 4 is 23.3 Å². The van der Waals surface area contributed by atoms with Crippen molar-refractivity contribution in [3.63, 3.8) is 0 Å². The molecule has 1 aromatic rings. The number of aliphatic imine (C=N–C) groups is 1. The van der Waals surface area contributed by atoms with Crippen LogP contribution in [0.2, 0.25) is 5.02 Å². The Bertz CT molecular complexity index is 430. The number of carbonyl (C=O) groups is 1. The molecule has 0 radical (unpaired) electrons. The molecule has 0 aromatic carbocycles. The minimum atomic E-state index is -0.307. The Kier molecular flexibility index (Phi) is 2.68. The van der Waals surface area contributed by atoms with Crippen molar-refractivity contribution in [3.05, 3.63) is 29.0 Å². The first-order chi connectivity index (χ1) is 7.22. The van der Waals surface area contributed by atoms with E-state index in [4.69, 9.17) is 11.6 Å². The van der Waals surface area contributed by atoms with Gasteiger partial charge in [0.25, 0.3) is 0 Å². The van der Waals surface area contributed by atoms with Gasteiger partial charge in [-0.2, -0.15) is 0 Å². The van der Waals surface area contributed by atoms with Gasteiger partial charge in [-0.1, -0.05) is 18.5 Å². The quantitative estimate of drug-likeness (QED) is 0.824. The summed E-state index contributed by atoms with van der Waals surface area (Å²) in [5.41, 5.74) is 0.531. The zero-order chi connectivity index (χ0) is 10.8. The highest BCUT2D eigenvalue weighted by Gasteiger charge is 2.26. The van der Waals surface area contributed by atoms with Crippen LogP contribution in [0.25, 0.3) is 0 Å². The standard InChI is InChI=1S/C10H10ClN3O/c1-2-7-10(15)14-9(13-7)8-6(11)4-3-5-12-8/h3-5,7H,2H2,1H3,(H,13,14,15). The summed E-state index contributed by atoms with van der Waals surface area (Å²) in [5.74, 6) is 0.381. The lowest BCUT2D eigenvalue weighted by Crippen LogP contribution is -2.29. The Hall–Kier alpha value is -1.42. The van der Waals surface area contributed by atoms with E-state index < -0.39 is 0 Å². The summed E-state index contributed by atoms with van der Waals surface area (Å²) in [6.07, 6.45) is 2.30. The number of halogens is 1. The number of aromatic nitrogens is 1. The number of hydrogen-bond acceptors (Lipinski definition) is 3. The molecular weight excluding hydrogens is 214 g/mol. The Balaban J connectivity index is 2.34. The van der Waals surface area contributed by atoms with Gasteiger partial charge < -0.3 is 5.32 Å². The zero-order valence-electron chi connectivity index (χ0n) is 8.20. The van der Waals surface area contributed by atoms with Gasteiger partial charge in [0.1, 0.15) is 11.7 Å². The van der Waals surface area contributed by atoms with Crippen LogP contribution in [0.3, 0.4) is 0 Å². The molecule has 5 heteroatoms. The van der Waals surface area contributed by atoms with E-state index in [1.54, 1.807) is 18.3 Å². The third-order valence-electron chi connectivity index (χ3n) is 2.20. The molecule has 1 aliphatic heterocycles. The largest absolute Gasteiger partial charge is 0.307 e. The van der Waals surface area contributed by atoms with Gasteiger partial charge >= 0.3 is 0 Å². The molecule has 1 unspecified atom stereocenters. The van der Waals surface area contributed by atoms with Crippen LogP contribution in [0.4, 0.5) is 0 Å². The van der Waals surface area contributed by atoms with E-state index in [1.807, 2.05) is 6.92 Å². The van der Waals surface area contributed by atoms with Gasteiger partial charge in [0, 0.05) is 6.20 Å². The van der Waals surface area contributed by atoms with Crippen LogP contribution in [0.1, 0.15) is 19.0 Å². The second kappa shape index (κ2) is 3.98. The van der Waals surface area contributed by atoms with Gasteiger partial charge in [0.2, 0.25) is 5.91 Å². The molecule has 4 nitrogen and oxygen atoms in total. The molecular formula is C10H10ClN3O. The highest BCUT2D eigenvalue weighted by Crippen LogP contribution is 2.16. The highest BCUT2D eigenvalue weighted by atomic mass is 35.5. The van der Waals surface area contributed by atoms with Crippen LogP contribution < -0.4 is 5.32 Å². The second-order valence-electron chi connectivity index (χ2n) is 3.22. The van der Waals surface area contributed by atoms with Crippen molar-refractivity contribution in [3.8, 4) is 0 Å². The topological polar surface area (TPSA) is 54.4 Å². The van der Waals surface area contributed by atoms with E-state index in [1.165, 1.54) is 0 Å². The van der Waals surface area contributed by atoms with Crippen molar-refractivity contribution in [1.29, 1.82) is 0 Å². The third kappa shape index (κ3) is 1.85. The fourth-order valence-electron chi connectivity index (χ4n) is 1.40. The normalized spacial score (nSPS) is 20.0. The van der Waals surface area contributed by atoms with Crippen molar-refractivity contribution in [2.24, 2.45) is 4.99 Å². The second-order valence-corrected chi connectivity index (χ2v) is 3.63. The Labute approximate surface area is 92.4 Å². The van der Waals surface area contributed by atoms with E-state index in [0.29, 0.717) is 23.0 Å². The molecule has 1 amide bonds. The molecule has 78 valence electrons. The smallest absolute Gasteiger partial charge is 0.250 e. The number of nitrogens with zero attached hydrogens (tertiary/aromatic N) is 2. The van der Waals surface area contributed by atoms with E-state index in [9.17, 15) is 4.79 Å². The maximum atomic E-state index is 11.4. The van der Waals surface area contributed by atoms with Crippen molar-refractivity contribution < 1.29 is 4.79 Å². The SMILES string of the molecule is CCC1N=C(c2ncccc2Cl)NC1=O. The Morgan fingerprint density at radius 2 is 2.40 bits per heavy atom. The molecule has 0 spiro atoms. The summed E-state index contributed by atoms with van der Waals surface area (Å²) >= 11 is 5.95. The lowest BCUT2D eigenvalue weighted by Gasteiger charge is -2.01. The number of amidine groups is 1. The molecule has 2 rings (SSSR count). The predicted octanol–water partition coefficient (Wildman–Crippen LogP) is 1.39. The minimum absolute atomic E-state index is 0.0887. The summed E-state index contributed by atoms with van der Waals surface area (Å²) in [5, 5.41) is 3.17. The monoisotopic (exact) mass is 223 g/mol. The molecule has 0 aliphatic carbocycles. The fourth-order valence-corrected chi connectivity index (χ4v) is 1.61. The minimum Gasteiger partial charge on any atom is -0.307 e. The molecule has 1 atom stereocenters. The highest BCUT2D eigenvalue weighted by molar-refractivity contribution is 6.34. The maximum Gasteiger partial charge on any atom is 0.250 e. The fraction of sp³-hybridized carbons (Fsp3) is 0.300. The first-order valence-corrected chi connectivity index (χ1v) is 5.09. The number of rotatable bonds is 2. The first-order valence-electron chi connectivity index (χ1n) is 4.72. The average Bonchev–Trinajstić information content (AvgIpc) is 2.60. The molecule has 0 saturated carbocycles. The van der Waals surface area contributed by atoms with Crippen molar-refractivity contribution in [1.82, 2.24) is 10.3 Å². The maximum absolute atomic E-state index is 11.4. The molecule has 0 saturated heterocycles. The van der Waals surface area contributed by atoms with Gasteiger partial charge in [0.05, 0.1) is 5.02 Å². The van der Waals surface area contributed by atoms with Crippen LogP contribution in [-0.4, -0.2) is 22.8 Å². The number of carbonyl (C=O) groups excluding carboxylic acids is 1. The van der Waals surface area contributed by atoms with E-state index in [0.717, 1.165) is 0 Å². The van der Waals surface area contributed by atoms with Gasteiger partial charge in [-0.05, 0) is 18.6 Å². The van der Waals surface area contributed by atoms with Crippen LogP contribution >= 0.6 is 11.6 Å². The summed E-state index contributed by atoms with van der Waals surface area (Å²) in [4.78, 5) is 19.7. The van der Waals surface area contributed by atoms with E-state index >= 15 is 0 Å². The Morgan fingerprint density at radius 1 is 1.60 bits per heavy atom. The Morgan fingerprint density at radius 3 is 3.00 bits per heavy atom. The molecule has 0 fully saturated rings.